The van der Waals surface area contributed by atoms with Gasteiger partial charge < -0.3 is 10.4 Å². The van der Waals surface area contributed by atoms with E-state index in [0.717, 1.165) is 0 Å². The van der Waals surface area contributed by atoms with Gasteiger partial charge >= 0.3 is 5.97 Å². The number of carbonyl (C=O) groups excluding carboxylic acids is 1. The van der Waals surface area contributed by atoms with Crippen molar-refractivity contribution in [2.24, 2.45) is 0 Å². The summed E-state index contributed by atoms with van der Waals surface area (Å²) in [6.45, 7) is 0. The van der Waals surface area contributed by atoms with Gasteiger partial charge in [-0.1, -0.05) is 0 Å². The molecule has 0 unspecified atom stereocenters. The molecule has 1 amide bonds. The van der Waals surface area contributed by atoms with Crippen LogP contribution >= 0.6 is 0 Å². The molecular formula is C8H3F4NO3. The van der Waals surface area contributed by atoms with E-state index in [-0.39, 0.29) is 6.41 Å². The SMILES string of the molecule is O=CNc1c(F)c(F)c(C(=O)O)c(F)c1F. The van der Waals surface area contributed by atoms with Gasteiger partial charge in [0.2, 0.25) is 6.41 Å². The second kappa shape index (κ2) is 4.17. The minimum absolute atomic E-state index is 0.208. The first kappa shape index (κ1) is 12.0. The molecule has 0 aliphatic heterocycles. The van der Waals surface area contributed by atoms with E-state index in [1.807, 2.05) is 0 Å². The number of hydrogen-bond acceptors (Lipinski definition) is 2. The summed E-state index contributed by atoms with van der Waals surface area (Å²) < 4.78 is 51.9. The van der Waals surface area contributed by atoms with Crippen LogP contribution in [-0.2, 0) is 4.79 Å². The normalized spacial score (nSPS) is 10.0. The first-order valence-corrected chi connectivity index (χ1v) is 3.71. The Kier molecular flexibility index (Phi) is 3.11. The fourth-order valence-electron chi connectivity index (χ4n) is 1.01. The molecule has 0 aliphatic rings. The van der Waals surface area contributed by atoms with E-state index in [4.69, 9.17) is 5.11 Å². The van der Waals surface area contributed by atoms with Crippen LogP contribution in [0.15, 0.2) is 0 Å². The largest absolute Gasteiger partial charge is 0.477 e. The van der Waals surface area contributed by atoms with Crippen molar-refractivity contribution in [2.75, 3.05) is 5.32 Å². The molecule has 0 aromatic heterocycles. The molecule has 0 spiro atoms. The molecule has 86 valence electrons. The van der Waals surface area contributed by atoms with Gasteiger partial charge in [-0.2, -0.15) is 0 Å². The third kappa shape index (κ3) is 1.69. The first-order chi connectivity index (χ1) is 7.41. The van der Waals surface area contributed by atoms with Crippen LogP contribution in [0.2, 0.25) is 0 Å². The summed E-state index contributed by atoms with van der Waals surface area (Å²) in [5, 5.41) is 9.70. The van der Waals surface area contributed by atoms with E-state index in [0.29, 0.717) is 0 Å². The van der Waals surface area contributed by atoms with E-state index < -0.39 is 40.5 Å². The van der Waals surface area contributed by atoms with Gasteiger partial charge in [0.1, 0.15) is 11.3 Å². The summed E-state index contributed by atoms with van der Waals surface area (Å²) in [6, 6.07) is 0. The molecule has 0 saturated heterocycles. The number of anilines is 1. The van der Waals surface area contributed by atoms with E-state index in [1.165, 1.54) is 5.32 Å². The minimum atomic E-state index is -2.16. The zero-order valence-corrected chi connectivity index (χ0v) is 7.35. The lowest BCUT2D eigenvalue weighted by molar-refractivity contribution is -0.105. The molecule has 0 fully saturated rings. The average Bonchev–Trinajstić information content (AvgIpc) is 2.21. The molecule has 0 heterocycles. The molecule has 0 radical (unpaired) electrons. The van der Waals surface area contributed by atoms with Gasteiger partial charge in [-0.3, -0.25) is 4.79 Å². The smallest absolute Gasteiger partial charge is 0.341 e. The molecule has 1 rings (SSSR count). The molecule has 4 nitrogen and oxygen atoms in total. The number of benzene rings is 1. The van der Waals surface area contributed by atoms with Crippen molar-refractivity contribution in [3.8, 4) is 0 Å². The molecule has 16 heavy (non-hydrogen) atoms. The molecule has 0 saturated carbocycles. The number of carboxylic acid groups (broad SMARTS) is 1. The zero-order chi connectivity index (χ0) is 12.5. The average molecular weight is 237 g/mol. The summed E-state index contributed by atoms with van der Waals surface area (Å²) in [7, 11) is 0. The minimum Gasteiger partial charge on any atom is -0.477 e. The monoisotopic (exact) mass is 237 g/mol. The Morgan fingerprint density at radius 1 is 1.06 bits per heavy atom. The standard InChI is InChI=1S/C8H3F4NO3/c9-3-2(8(15)16)4(10)6(12)7(5(3)11)13-1-14/h1H,(H,13,14)(H,15,16). The van der Waals surface area contributed by atoms with Crippen molar-refractivity contribution in [1.29, 1.82) is 0 Å². The Hall–Kier alpha value is -2.12. The van der Waals surface area contributed by atoms with Crippen LogP contribution in [0.4, 0.5) is 23.2 Å². The van der Waals surface area contributed by atoms with Crippen LogP contribution < -0.4 is 5.32 Å². The Labute approximate surface area is 85.5 Å². The number of nitrogens with one attached hydrogen (secondary N) is 1. The number of carbonyl (C=O) groups is 2. The van der Waals surface area contributed by atoms with Gasteiger partial charge in [-0.15, -0.1) is 0 Å². The van der Waals surface area contributed by atoms with Crippen LogP contribution in [0.1, 0.15) is 10.4 Å². The predicted molar refractivity (Wildman–Crippen MR) is 42.9 cm³/mol. The van der Waals surface area contributed by atoms with E-state index >= 15 is 0 Å². The lowest BCUT2D eigenvalue weighted by Crippen LogP contribution is -2.13. The maximum Gasteiger partial charge on any atom is 0.341 e. The highest BCUT2D eigenvalue weighted by molar-refractivity contribution is 5.89. The fraction of sp³-hybridized carbons (Fsp3) is 0. The highest BCUT2D eigenvalue weighted by Gasteiger charge is 2.28. The Balaban J connectivity index is 3.62. The predicted octanol–water partition coefficient (Wildman–Crippen LogP) is 1.51. The molecule has 8 heteroatoms. The summed E-state index contributed by atoms with van der Waals surface area (Å²) in [4.78, 5) is 20.2. The Morgan fingerprint density at radius 3 is 1.81 bits per heavy atom. The van der Waals surface area contributed by atoms with Crippen molar-refractivity contribution in [2.45, 2.75) is 0 Å². The van der Waals surface area contributed by atoms with Crippen molar-refractivity contribution < 1.29 is 32.3 Å². The summed E-state index contributed by atoms with van der Waals surface area (Å²) >= 11 is 0. The van der Waals surface area contributed by atoms with E-state index in [1.54, 1.807) is 0 Å². The second-order valence-electron chi connectivity index (χ2n) is 2.57. The highest BCUT2D eigenvalue weighted by Crippen LogP contribution is 2.27. The molecule has 1 aromatic rings. The van der Waals surface area contributed by atoms with Gasteiger partial charge in [-0.25, -0.2) is 22.4 Å². The topological polar surface area (TPSA) is 66.4 Å². The number of hydrogen-bond donors (Lipinski definition) is 2. The third-order valence-corrected chi connectivity index (χ3v) is 1.68. The van der Waals surface area contributed by atoms with Crippen LogP contribution in [0.3, 0.4) is 0 Å². The van der Waals surface area contributed by atoms with E-state index in [2.05, 4.69) is 0 Å². The number of carboxylic acids is 1. The Bertz CT molecular complexity index is 446. The molecule has 0 atom stereocenters. The van der Waals surface area contributed by atoms with Crippen LogP contribution in [0.5, 0.6) is 0 Å². The number of rotatable bonds is 3. The highest BCUT2D eigenvalue weighted by atomic mass is 19.2. The van der Waals surface area contributed by atoms with Crippen molar-refractivity contribution in [1.82, 2.24) is 0 Å². The Morgan fingerprint density at radius 2 is 1.50 bits per heavy atom. The lowest BCUT2D eigenvalue weighted by Gasteiger charge is -2.07. The second-order valence-corrected chi connectivity index (χ2v) is 2.57. The van der Waals surface area contributed by atoms with Gasteiger partial charge in [0.25, 0.3) is 0 Å². The summed E-state index contributed by atoms with van der Waals surface area (Å²) in [5.74, 6) is -10.3. The molecule has 1 aromatic carbocycles. The first-order valence-electron chi connectivity index (χ1n) is 3.71. The van der Waals surface area contributed by atoms with Crippen molar-refractivity contribution in [3.05, 3.63) is 28.8 Å². The summed E-state index contributed by atoms with van der Waals surface area (Å²) in [6.07, 6.45) is -0.208. The molecular weight excluding hydrogens is 234 g/mol. The third-order valence-electron chi connectivity index (χ3n) is 1.68. The van der Waals surface area contributed by atoms with Crippen LogP contribution in [0, 0.1) is 23.3 Å². The summed E-state index contributed by atoms with van der Waals surface area (Å²) in [5.41, 5.74) is -3.14. The quantitative estimate of drug-likeness (QED) is 0.475. The number of amides is 1. The van der Waals surface area contributed by atoms with Crippen molar-refractivity contribution >= 4 is 18.1 Å². The van der Waals surface area contributed by atoms with Crippen LogP contribution in [0.25, 0.3) is 0 Å². The molecule has 2 N–H and O–H groups in total. The maximum atomic E-state index is 13.0. The van der Waals surface area contributed by atoms with Crippen molar-refractivity contribution in [3.63, 3.8) is 0 Å². The van der Waals surface area contributed by atoms with E-state index in [9.17, 15) is 27.2 Å². The van der Waals surface area contributed by atoms with Gasteiger partial charge in [-0.05, 0) is 0 Å². The van der Waals surface area contributed by atoms with Gasteiger partial charge in [0, 0.05) is 0 Å². The van der Waals surface area contributed by atoms with Gasteiger partial charge in [0.05, 0.1) is 0 Å². The lowest BCUT2D eigenvalue weighted by atomic mass is 10.1. The number of aromatic carboxylic acids is 1. The zero-order valence-electron chi connectivity index (χ0n) is 7.35. The molecule has 0 bridgehead atoms. The number of halogens is 4. The fourth-order valence-corrected chi connectivity index (χ4v) is 1.01. The molecule has 0 aliphatic carbocycles. The van der Waals surface area contributed by atoms with Crippen LogP contribution in [-0.4, -0.2) is 17.5 Å². The van der Waals surface area contributed by atoms with Gasteiger partial charge in [0.15, 0.2) is 23.3 Å². The maximum absolute atomic E-state index is 13.0.